The molecule has 0 spiro atoms. The number of hydrogen-bond donors (Lipinski definition) is 2. The van der Waals surface area contributed by atoms with Gasteiger partial charge in [0.25, 0.3) is 11.8 Å². The molecular formula is C16H14Cl2N2O3. The van der Waals surface area contributed by atoms with Crippen molar-refractivity contribution in [3.63, 3.8) is 0 Å². The molecule has 0 saturated carbocycles. The minimum absolute atomic E-state index is 0.114. The van der Waals surface area contributed by atoms with E-state index in [0.717, 1.165) is 0 Å². The Morgan fingerprint density at radius 2 is 1.70 bits per heavy atom. The quantitative estimate of drug-likeness (QED) is 0.863. The molecule has 23 heavy (non-hydrogen) atoms. The number of primary amides is 1. The second kappa shape index (κ2) is 7.35. The van der Waals surface area contributed by atoms with Crippen LogP contribution in [-0.2, 0) is 4.79 Å². The molecule has 2 aromatic carbocycles. The first-order valence-electron chi connectivity index (χ1n) is 6.69. The Labute approximate surface area is 143 Å². The topological polar surface area (TPSA) is 81.4 Å². The van der Waals surface area contributed by atoms with E-state index in [-0.39, 0.29) is 17.2 Å². The van der Waals surface area contributed by atoms with Crippen LogP contribution in [0.1, 0.15) is 17.3 Å². The fourth-order valence-corrected chi connectivity index (χ4v) is 2.12. The highest BCUT2D eigenvalue weighted by Crippen LogP contribution is 2.24. The van der Waals surface area contributed by atoms with Gasteiger partial charge in [-0.2, -0.15) is 0 Å². The maximum absolute atomic E-state index is 12.1. The molecule has 120 valence electrons. The number of halogens is 2. The van der Waals surface area contributed by atoms with Crippen molar-refractivity contribution < 1.29 is 14.3 Å². The van der Waals surface area contributed by atoms with Gasteiger partial charge in [-0.3, -0.25) is 9.59 Å². The molecule has 2 rings (SSSR count). The summed E-state index contributed by atoms with van der Waals surface area (Å²) in [5, 5.41) is 3.60. The summed E-state index contributed by atoms with van der Waals surface area (Å²) in [6.07, 6.45) is -0.843. The average Bonchev–Trinajstić information content (AvgIpc) is 2.51. The molecule has 1 atom stereocenters. The fourth-order valence-electron chi connectivity index (χ4n) is 1.82. The third-order valence-corrected chi connectivity index (χ3v) is 3.48. The van der Waals surface area contributed by atoms with Crippen LogP contribution >= 0.6 is 23.2 Å². The number of rotatable bonds is 5. The minimum Gasteiger partial charge on any atom is -0.480 e. The van der Waals surface area contributed by atoms with Gasteiger partial charge in [-0.1, -0.05) is 23.2 Å². The lowest BCUT2D eigenvalue weighted by atomic mass is 10.2. The van der Waals surface area contributed by atoms with Gasteiger partial charge in [-0.05, 0) is 49.4 Å². The van der Waals surface area contributed by atoms with Gasteiger partial charge in [0, 0.05) is 15.7 Å². The molecule has 7 heteroatoms. The Bertz CT molecular complexity index is 733. The summed E-state index contributed by atoms with van der Waals surface area (Å²) in [5.74, 6) is -0.869. The van der Waals surface area contributed by atoms with Crippen LogP contribution in [0.4, 0.5) is 5.69 Å². The third kappa shape index (κ3) is 4.61. The summed E-state index contributed by atoms with van der Waals surface area (Å²) in [4.78, 5) is 23.6. The number of carbonyl (C=O) groups is 2. The lowest BCUT2D eigenvalue weighted by Crippen LogP contribution is -2.30. The molecule has 5 nitrogen and oxygen atoms in total. The van der Waals surface area contributed by atoms with E-state index in [1.807, 2.05) is 0 Å². The van der Waals surface area contributed by atoms with Crippen molar-refractivity contribution in [1.82, 2.24) is 0 Å². The van der Waals surface area contributed by atoms with E-state index in [0.29, 0.717) is 15.7 Å². The third-order valence-electron chi connectivity index (χ3n) is 2.99. The van der Waals surface area contributed by atoms with E-state index < -0.39 is 12.0 Å². The fraction of sp³-hybridized carbons (Fsp3) is 0.125. The largest absolute Gasteiger partial charge is 0.480 e. The van der Waals surface area contributed by atoms with E-state index >= 15 is 0 Å². The van der Waals surface area contributed by atoms with Crippen molar-refractivity contribution in [3.8, 4) is 5.75 Å². The van der Waals surface area contributed by atoms with Crippen LogP contribution in [0, 0.1) is 0 Å². The summed E-state index contributed by atoms with van der Waals surface area (Å²) in [6.45, 7) is 1.56. The average molecular weight is 353 g/mol. The molecule has 2 aromatic rings. The Balaban J connectivity index is 2.09. The van der Waals surface area contributed by atoms with E-state index in [4.69, 9.17) is 33.7 Å². The number of benzene rings is 2. The zero-order chi connectivity index (χ0) is 17.0. The standard InChI is InChI=1S/C16H14Cl2N2O3/c1-9(16(22)20-12-5-2-10(17)3-6-12)23-14-7-4-11(18)8-13(14)15(19)21/h2-9H,1H3,(H2,19,21)(H,20,22). The van der Waals surface area contributed by atoms with Crippen molar-refractivity contribution >= 4 is 40.7 Å². The molecular weight excluding hydrogens is 339 g/mol. The number of nitrogens with one attached hydrogen (secondary N) is 1. The van der Waals surface area contributed by atoms with Crippen molar-refractivity contribution in [3.05, 3.63) is 58.1 Å². The smallest absolute Gasteiger partial charge is 0.265 e. The predicted molar refractivity (Wildman–Crippen MR) is 90.1 cm³/mol. The second-order valence-corrected chi connectivity index (χ2v) is 5.63. The van der Waals surface area contributed by atoms with Crippen LogP contribution < -0.4 is 15.8 Å². The Morgan fingerprint density at radius 1 is 1.09 bits per heavy atom. The minimum atomic E-state index is -0.843. The number of anilines is 1. The summed E-state index contributed by atoms with van der Waals surface area (Å²) in [7, 11) is 0. The van der Waals surface area contributed by atoms with Gasteiger partial charge in [0.05, 0.1) is 5.56 Å². The molecule has 0 aliphatic carbocycles. The van der Waals surface area contributed by atoms with E-state index in [2.05, 4.69) is 5.32 Å². The van der Waals surface area contributed by atoms with Crippen molar-refractivity contribution in [2.45, 2.75) is 13.0 Å². The van der Waals surface area contributed by atoms with Crippen molar-refractivity contribution in [2.75, 3.05) is 5.32 Å². The Kier molecular flexibility index (Phi) is 5.47. The number of amides is 2. The van der Waals surface area contributed by atoms with Gasteiger partial charge in [0.2, 0.25) is 0 Å². The lowest BCUT2D eigenvalue weighted by Gasteiger charge is -2.16. The number of nitrogens with two attached hydrogens (primary N) is 1. The zero-order valence-electron chi connectivity index (χ0n) is 12.2. The van der Waals surface area contributed by atoms with Gasteiger partial charge in [-0.25, -0.2) is 0 Å². The summed E-state index contributed by atoms with van der Waals surface area (Å²) < 4.78 is 5.52. The highest BCUT2D eigenvalue weighted by atomic mass is 35.5. The van der Waals surface area contributed by atoms with E-state index in [1.54, 1.807) is 37.3 Å². The van der Waals surface area contributed by atoms with Crippen LogP contribution in [0.2, 0.25) is 10.0 Å². The summed E-state index contributed by atoms with van der Waals surface area (Å²) >= 11 is 11.6. The van der Waals surface area contributed by atoms with Gasteiger partial charge < -0.3 is 15.8 Å². The zero-order valence-corrected chi connectivity index (χ0v) is 13.7. The monoisotopic (exact) mass is 352 g/mol. The molecule has 0 fully saturated rings. The van der Waals surface area contributed by atoms with E-state index in [9.17, 15) is 9.59 Å². The number of hydrogen-bond acceptors (Lipinski definition) is 3. The van der Waals surface area contributed by atoms with Gasteiger partial charge in [0.1, 0.15) is 5.75 Å². The second-order valence-electron chi connectivity index (χ2n) is 4.76. The van der Waals surface area contributed by atoms with Crippen molar-refractivity contribution in [2.24, 2.45) is 5.73 Å². The molecule has 1 unspecified atom stereocenters. The first kappa shape index (κ1) is 17.1. The maximum Gasteiger partial charge on any atom is 0.265 e. The summed E-state index contributed by atoms with van der Waals surface area (Å²) in [5.41, 5.74) is 5.98. The Morgan fingerprint density at radius 3 is 2.30 bits per heavy atom. The molecule has 0 bridgehead atoms. The van der Waals surface area contributed by atoms with Gasteiger partial charge in [0.15, 0.2) is 6.10 Å². The molecule has 3 N–H and O–H groups in total. The molecule has 0 heterocycles. The molecule has 0 aliphatic rings. The first-order valence-corrected chi connectivity index (χ1v) is 7.45. The normalized spacial score (nSPS) is 11.6. The van der Waals surface area contributed by atoms with Gasteiger partial charge in [-0.15, -0.1) is 0 Å². The van der Waals surface area contributed by atoms with Gasteiger partial charge >= 0.3 is 0 Å². The van der Waals surface area contributed by atoms with E-state index in [1.165, 1.54) is 12.1 Å². The number of carbonyl (C=O) groups excluding carboxylic acids is 2. The SMILES string of the molecule is CC(Oc1ccc(Cl)cc1C(N)=O)C(=O)Nc1ccc(Cl)cc1. The first-order chi connectivity index (χ1) is 10.9. The molecule has 0 saturated heterocycles. The van der Waals surface area contributed by atoms with Crippen LogP contribution in [0.5, 0.6) is 5.75 Å². The van der Waals surface area contributed by atoms with Crippen LogP contribution in [0.15, 0.2) is 42.5 Å². The molecule has 0 radical (unpaired) electrons. The maximum atomic E-state index is 12.1. The van der Waals surface area contributed by atoms with Crippen molar-refractivity contribution in [1.29, 1.82) is 0 Å². The Hall–Kier alpha value is -2.24. The van der Waals surface area contributed by atoms with Crippen LogP contribution in [0.25, 0.3) is 0 Å². The predicted octanol–water partition coefficient (Wildman–Crippen LogP) is 3.50. The molecule has 2 amide bonds. The molecule has 0 aliphatic heterocycles. The highest BCUT2D eigenvalue weighted by molar-refractivity contribution is 6.31. The molecule has 0 aromatic heterocycles. The van der Waals surface area contributed by atoms with Crippen LogP contribution in [-0.4, -0.2) is 17.9 Å². The number of ether oxygens (including phenoxy) is 1. The highest BCUT2D eigenvalue weighted by Gasteiger charge is 2.18. The summed E-state index contributed by atoms with van der Waals surface area (Å²) in [6, 6.07) is 11.1. The lowest BCUT2D eigenvalue weighted by molar-refractivity contribution is -0.122. The van der Waals surface area contributed by atoms with Crippen LogP contribution in [0.3, 0.4) is 0 Å².